The van der Waals surface area contributed by atoms with Gasteiger partial charge in [0.05, 0.1) is 11.4 Å². The van der Waals surface area contributed by atoms with Gasteiger partial charge in [0, 0.05) is 4.88 Å². The van der Waals surface area contributed by atoms with Crippen molar-refractivity contribution >= 4 is 29.1 Å². The second kappa shape index (κ2) is 6.71. The lowest BCUT2D eigenvalue weighted by Crippen LogP contribution is -2.51. The molecule has 0 fully saturated rings. The van der Waals surface area contributed by atoms with Gasteiger partial charge in [0.2, 0.25) is 5.91 Å². The molecule has 0 saturated heterocycles. The lowest BCUT2D eigenvalue weighted by atomic mass is 9.87. The van der Waals surface area contributed by atoms with Crippen LogP contribution in [0.5, 0.6) is 0 Å². The minimum atomic E-state index is -1.10. The van der Waals surface area contributed by atoms with Crippen LogP contribution in [0.2, 0.25) is 0 Å². The van der Waals surface area contributed by atoms with Crippen molar-refractivity contribution in [3.8, 4) is 0 Å². The quantitative estimate of drug-likeness (QED) is 0.766. The summed E-state index contributed by atoms with van der Waals surface area (Å²) in [6.07, 6.45) is 0. The highest BCUT2D eigenvalue weighted by Crippen LogP contribution is 2.19. The van der Waals surface area contributed by atoms with Crippen molar-refractivity contribution < 1.29 is 19.5 Å². The SMILES string of the molecule is Cc1ccc(C(=O)NCC(=O)NC(C(=O)O)C(C)(C)C)s1. The first kappa shape index (κ1) is 17.2. The van der Waals surface area contributed by atoms with Gasteiger partial charge in [-0.05, 0) is 24.5 Å². The van der Waals surface area contributed by atoms with Crippen molar-refractivity contribution in [2.24, 2.45) is 5.41 Å². The number of rotatable bonds is 5. The third-order valence-electron chi connectivity index (χ3n) is 2.79. The van der Waals surface area contributed by atoms with E-state index in [2.05, 4.69) is 10.6 Å². The smallest absolute Gasteiger partial charge is 0.326 e. The van der Waals surface area contributed by atoms with E-state index in [4.69, 9.17) is 5.11 Å². The lowest BCUT2D eigenvalue weighted by molar-refractivity contribution is -0.144. The number of carboxylic acid groups (broad SMARTS) is 1. The van der Waals surface area contributed by atoms with Gasteiger partial charge in [-0.25, -0.2) is 4.79 Å². The van der Waals surface area contributed by atoms with Gasteiger partial charge in [-0.1, -0.05) is 20.8 Å². The van der Waals surface area contributed by atoms with E-state index in [0.717, 1.165) is 4.88 Å². The van der Waals surface area contributed by atoms with Crippen LogP contribution in [0, 0.1) is 12.3 Å². The van der Waals surface area contributed by atoms with Crippen LogP contribution in [0.4, 0.5) is 0 Å². The Kier molecular flexibility index (Phi) is 5.48. The molecule has 0 spiro atoms. The van der Waals surface area contributed by atoms with Crippen molar-refractivity contribution in [2.75, 3.05) is 6.54 Å². The molecule has 3 N–H and O–H groups in total. The van der Waals surface area contributed by atoms with Gasteiger partial charge in [-0.3, -0.25) is 9.59 Å². The fourth-order valence-electron chi connectivity index (χ4n) is 1.66. The van der Waals surface area contributed by atoms with Crippen LogP contribution in [0.3, 0.4) is 0 Å². The number of aliphatic carboxylic acids is 1. The van der Waals surface area contributed by atoms with Gasteiger partial charge in [0.15, 0.2) is 0 Å². The summed E-state index contributed by atoms with van der Waals surface area (Å²) in [5.41, 5.74) is -0.615. The summed E-state index contributed by atoms with van der Waals surface area (Å²) in [6, 6.07) is 2.49. The summed E-state index contributed by atoms with van der Waals surface area (Å²) in [6.45, 7) is 6.79. The molecule has 1 atom stereocenters. The Bertz CT molecular complexity index is 545. The minimum absolute atomic E-state index is 0.254. The van der Waals surface area contributed by atoms with E-state index < -0.39 is 23.3 Å². The predicted molar refractivity (Wildman–Crippen MR) is 80.4 cm³/mol. The van der Waals surface area contributed by atoms with Crippen LogP contribution in [0.15, 0.2) is 12.1 Å². The molecule has 0 radical (unpaired) electrons. The van der Waals surface area contributed by atoms with Crippen LogP contribution in [-0.2, 0) is 9.59 Å². The summed E-state index contributed by atoms with van der Waals surface area (Å²) in [5, 5.41) is 14.0. The highest BCUT2D eigenvalue weighted by molar-refractivity contribution is 7.13. The van der Waals surface area contributed by atoms with Crippen molar-refractivity contribution in [2.45, 2.75) is 33.7 Å². The molecule has 1 aromatic rings. The number of aryl methyl sites for hydroxylation is 1. The average molecular weight is 312 g/mol. The fraction of sp³-hybridized carbons (Fsp3) is 0.500. The predicted octanol–water partition coefficient (Wildman–Crippen LogP) is 1.40. The Morgan fingerprint density at radius 2 is 1.90 bits per heavy atom. The van der Waals surface area contributed by atoms with Crippen molar-refractivity contribution in [1.82, 2.24) is 10.6 Å². The number of amides is 2. The lowest BCUT2D eigenvalue weighted by Gasteiger charge is -2.27. The Morgan fingerprint density at radius 1 is 1.29 bits per heavy atom. The van der Waals surface area contributed by atoms with Gasteiger partial charge in [-0.2, -0.15) is 0 Å². The Morgan fingerprint density at radius 3 is 2.33 bits per heavy atom. The molecule has 6 nitrogen and oxygen atoms in total. The molecular formula is C14H20N2O4S. The molecule has 21 heavy (non-hydrogen) atoms. The minimum Gasteiger partial charge on any atom is -0.480 e. The van der Waals surface area contributed by atoms with Gasteiger partial charge >= 0.3 is 5.97 Å². The van der Waals surface area contributed by atoms with Crippen molar-refractivity contribution in [3.63, 3.8) is 0 Å². The standard InChI is InChI=1S/C14H20N2O4S/c1-8-5-6-9(21-8)12(18)15-7-10(17)16-11(13(19)20)14(2,3)4/h5-6,11H,7H2,1-4H3,(H,15,18)(H,16,17)(H,19,20). The number of nitrogens with one attached hydrogen (secondary N) is 2. The van der Waals surface area contributed by atoms with Crippen LogP contribution >= 0.6 is 11.3 Å². The molecule has 1 aromatic heterocycles. The Balaban J connectivity index is 2.54. The molecule has 1 rings (SSSR count). The Labute approximate surface area is 127 Å². The Hall–Kier alpha value is -1.89. The van der Waals surface area contributed by atoms with Crippen LogP contribution in [-0.4, -0.2) is 35.5 Å². The molecule has 0 aromatic carbocycles. The fourth-order valence-corrected chi connectivity index (χ4v) is 2.45. The third-order valence-corrected chi connectivity index (χ3v) is 3.79. The number of hydrogen-bond acceptors (Lipinski definition) is 4. The summed E-state index contributed by atoms with van der Waals surface area (Å²) in [4.78, 5) is 36.2. The van der Waals surface area contributed by atoms with Crippen LogP contribution in [0.25, 0.3) is 0 Å². The maximum absolute atomic E-state index is 11.8. The molecule has 0 aliphatic heterocycles. The van der Waals surface area contributed by atoms with E-state index in [1.54, 1.807) is 26.8 Å². The second-order valence-corrected chi connectivity index (χ2v) is 7.09. The number of carbonyl (C=O) groups is 3. The van der Waals surface area contributed by atoms with Crippen molar-refractivity contribution in [3.05, 3.63) is 21.9 Å². The molecule has 0 aliphatic rings. The van der Waals surface area contributed by atoms with Crippen molar-refractivity contribution in [1.29, 1.82) is 0 Å². The van der Waals surface area contributed by atoms with E-state index >= 15 is 0 Å². The van der Waals surface area contributed by atoms with E-state index in [1.807, 2.05) is 13.0 Å². The highest BCUT2D eigenvalue weighted by Gasteiger charge is 2.32. The molecule has 1 unspecified atom stereocenters. The van der Waals surface area contributed by atoms with Crippen LogP contribution < -0.4 is 10.6 Å². The molecule has 0 aliphatic carbocycles. The number of hydrogen-bond donors (Lipinski definition) is 3. The first-order valence-electron chi connectivity index (χ1n) is 6.48. The molecule has 0 saturated carbocycles. The first-order chi connectivity index (χ1) is 9.61. The van der Waals surface area contributed by atoms with E-state index in [-0.39, 0.29) is 12.5 Å². The van der Waals surface area contributed by atoms with Gasteiger partial charge in [0.25, 0.3) is 5.91 Å². The molecule has 0 bridgehead atoms. The van der Waals surface area contributed by atoms with E-state index in [9.17, 15) is 14.4 Å². The van der Waals surface area contributed by atoms with Gasteiger partial charge < -0.3 is 15.7 Å². The zero-order valence-corrected chi connectivity index (χ0v) is 13.3. The van der Waals surface area contributed by atoms with E-state index in [0.29, 0.717) is 4.88 Å². The zero-order valence-electron chi connectivity index (χ0n) is 12.5. The summed E-state index contributed by atoms with van der Waals surface area (Å²) >= 11 is 1.33. The molecule has 2 amide bonds. The molecule has 1 heterocycles. The maximum Gasteiger partial charge on any atom is 0.326 e. The summed E-state index contributed by atoms with van der Waals surface area (Å²) < 4.78 is 0. The second-order valence-electron chi connectivity index (χ2n) is 5.80. The highest BCUT2D eigenvalue weighted by atomic mass is 32.1. The molecule has 116 valence electrons. The van der Waals surface area contributed by atoms with Gasteiger partial charge in [-0.15, -0.1) is 11.3 Å². The number of carboxylic acids is 1. The largest absolute Gasteiger partial charge is 0.480 e. The monoisotopic (exact) mass is 312 g/mol. The first-order valence-corrected chi connectivity index (χ1v) is 7.29. The zero-order chi connectivity index (χ0) is 16.2. The summed E-state index contributed by atoms with van der Waals surface area (Å²) in [5.74, 6) is -1.97. The number of carbonyl (C=O) groups excluding carboxylic acids is 2. The maximum atomic E-state index is 11.8. The normalized spacial score (nSPS) is 12.6. The van der Waals surface area contributed by atoms with Crippen LogP contribution in [0.1, 0.15) is 35.3 Å². The summed E-state index contributed by atoms with van der Waals surface area (Å²) in [7, 11) is 0. The van der Waals surface area contributed by atoms with E-state index in [1.165, 1.54) is 11.3 Å². The third kappa shape index (κ3) is 5.18. The molecule has 7 heteroatoms. The van der Waals surface area contributed by atoms with Gasteiger partial charge in [0.1, 0.15) is 6.04 Å². The average Bonchev–Trinajstić information content (AvgIpc) is 2.78. The molecular weight excluding hydrogens is 292 g/mol. The number of thiophene rings is 1. The topological polar surface area (TPSA) is 95.5 Å².